The first-order valence-electron chi connectivity index (χ1n) is 13.6. The summed E-state index contributed by atoms with van der Waals surface area (Å²) in [5.41, 5.74) is 3.47. The fraction of sp³-hybridized carbons (Fsp3) is 0.188. The fourth-order valence-corrected chi connectivity index (χ4v) is 6.19. The first-order chi connectivity index (χ1) is 20.9. The number of hydrogen-bond donors (Lipinski definition) is 3. The molecule has 0 radical (unpaired) electrons. The van der Waals surface area contributed by atoms with Crippen LogP contribution in [-0.4, -0.2) is 46.0 Å². The molecule has 0 saturated heterocycles. The van der Waals surface area contributed by atoms with Crippen molar-refractivity contribution in [3.05, 3.63) is 102 Å². The summed E-state index contributed by atoms with van der Waals surface area (Å²) in [6, 6.07) is 27.4. The Bertz CT molecular complexity index is 1790. The van der Waals surface area contributed by atoms with Crippen LogP contribution in [0.4, 0.5) is 5.82 Å². The minimum atomic E-state index is -3.73. The summed E-state index contributed by atoms with van der Waals surface area (Å²) in [5.74, 6) is 1.98. The first kappa shape index (κ1) is 30.0. The summed E-state index contributed by atoms with van der Waals surface area (Å²) in [7, 11) is -0.514. The van der Waals surface area contributed by atoms with Gasteiger partial charge in [-0.15, -0.1) is 0 Å². The molecule has 0 aliphatic heterocycles. The summed E-state index contributed by atoms with van der Waals surface area (Å²) < 4.78 is 44.3. The summed E-state index contributed by atoms with van der Waals surface area (Å²) >= 11 is 1.30. The molecule has 1 aromatic heterocycles. The lowest BCUT2D eigenvalue weighted by Crippen LogP contribution is -2.25. The van der Waals surface area contributed by atoms with Crippen LogP contribution in [0.25, 0.3) is 21.2 Å². The van der Waals surface area contributed by atoms with Gasteiger partial charge in [0.05, 0.1) is 23.8 Å². The van der Waals surface area contributed by atoms with Crippen molar-refractivity contribution in [3.63, 3.8) is 0 Å². The van der Waals surface area contributed by atoms with E-state index in [4.69, 9.17) is 9.47 Å². The number of carbonyl (C=O) groups excluding carboxylic acids is 1. The number of aromatic nitrogens is 1. The van der Waals surface area contributed by atoms with Gasteiger partial charge in [0.25, 0.3) is 5.91 Å². The number of ether oxygens (including phenoxy) is 2. The lowest BCUT2D eigenvalue weighted by molar-refractivity contribution is 0.0953. The van der Waals surface area contributed by atoms with Gasteiger partial charge < -0.3 is 20.1 Å². The van der Waals surface area contributed by atoms with Gasteiger partial charge in [0.1, 0.15) is 17.3 Å². The first-order valence-corrected chi connectivity index (χ1v) is 15.9. The number of sulfonamides is 1. The highest BCUT2D eigenvalue weighted by Gasteiger charge is 2.17. The van der Waals surface area contributed by atoms with Gasteiger partial charge in [0, 0.05) is 30.6 Å². The number of nitrogens with zero attached hydrogens (tertiary/aromatic N) is 1. The van der Waals surface area contributed by atoms with Crippen molar-refractivity contribution in [1.29, 1.82) is 0 Å². The minimum absolute atomic E-state index is 0.141. The lowest BCUT2D eigenvalue weighted by Gasteiger charge is -2.09. The quantitative estimate of drug-likeness (QED) is 0.145. The molecular formula is C32H32N4O5S2. The van der Waals surface area contributed by atoms with Crippen LogP contribution in [0.2, 0.25) is 0 Å². The molecular weight excluding hydrogens is 585 g/mol. The van der Waals surface area contributed by atoms with Crippen LogP contribution < -0.4 is 24.8 Å². The molecule has 1 heterocycles. The second-order valence-electron chi connectivity index (χ2n) is 9.70. The van der Waals surface area contributed by atoms with Gasteiger partial charge in [-0.05, 0) is 89.2 Å². The zero-order valence-corrected chi connectivity index (χ0v) is 25.4. The Morgan fingerprint density at radius 2 is 1.44 bits per heavy atom. The Balaban J connectivity index is 1.11. The van der Waals surface area contributed by atoms with E-state index in [9.17, 15) is 13.2 Å². The van der Waals surface area contributed by atoms with Gasteiger partial charge in [-0.2, -0.15) is 4.37 Å². The summed E-state index contributed by atoms with van der Waals surface area (Å²) in [6.07, 6.45) is 0.663. The molecule has 43 heavy (non-hydrogen) atoms. The van der Waals surface area contributed by atoms with E-state index in [0.29, 0.717) is 36.6 Å². The van der Waals surface area contributed by atoms with Crippen molar-refractivity contribution < 1.29 is 22.7 Å². The van der Waals surface area contributed by atoms with Crippen LogP contribution in [0, 0.1) is 0 Å². The highest BCUT2D eigenvalue weighted by molar-refractivity contribution is 7.89. The van der Waals surface area contributed by atoms with Crippen LogP contribution in [0.15, 0.2) is 95.9 Å². The maximum Gasteiger partial charge on any atom is 0.251 e. The molecule has 0 bridgehead atoms. The van der Waals surface area contributed by atoms with Crippen molar-refractivity contribution in [2.45, 2.75) is 17.9 Å². The lowest BCUT2D eigenvalue weighted by atomic mass is 10.0. The summed E-state index contributed by atoms with van der Waals surface area (Å²) in [5, 5.41) is 6.95. The molecule has 1 amide bonds. The van der Waals surface area contributed by atoms with E-state index < -0.39 is 10.0 Å². The predicted octanol–water partition coefficient (Wildman–Crippen LogP) is 5.69. The average Bonchev–Trinajstić information content (AvgIpc) is 3.46. The van der Waals surface area contributed by atoms with Crippen LogP contribution in [-0.2, 0) is 16.6 Å². The van der Waals surface area contributed by atoms with E-state index in [1.54, 1.807) is 44.6 Å². The second-order valence-corrected chi connectivity index (χ2v) is 12.3. The molecule has 3 N–H and O–H groups in total. The van der Waals surface area contributed by atoms with Crippen molar-refractivity contribution >= 4 is 43.4 Å². The van der Waals surface area contributed by atoms with E-state index in [0.717, 1.165) is 32.5 Å². The van der Waals surface area contributed by atoms with Crippen LogP contribution in [0.1, 0.15) is 22.3 Å². The highest BCUT2D eigenvalue weighted by atomic mass is 32.2. The maximum atomic E-state index is 13.0. The normalized spacial score (nSPS) is 11.3. The Kier molecular flexibility index (Phi) is 9.55. The van der Waals surface area contributed by atoms with Gasteiger partial charge in [0.2, 0.25) is 10.0 Å². The van der Waals surface area contributed by atoms with Gasteiger partial charge in [-0.1, -0.05) is 36.4 Å². The van der Waals surface area contributed by atoms with Crippen LogP contribution in [0.5, 0.6) is 11.5 Å². The van der Waals surface area contributed by atoms with E-state index >= 15 is 0 Å². The number of anilines is 1. The molecule has 0 aliphatic carbocycles. The molecule has 222 valence electrons. The predicted molar refractivity (Wildman–Crippen MR) is 171 cm³/mol. The molecule has 0 unspecified atom stereocenters. The number of amides is 1. The molecule has 0 spiro atoms. The minimum Gasteiger partial charge on any atom is -0.497 e. The van der Waals surface area contributed by atoms with E-state index in [-0.39, 0.29) is 17.3 Å². The van der Waals surface area contributed by atoms with Crippen molar-refractivity contribution in [2.24, 2.45) is 0 Å². The number of fused-ring (bicyclic) bond motifs is 1. The zero-order valence-electron chi connectivity index (χ0n) is 23.8. The number of benzene rings is 4. The molecule has 5 aromatic rings. The average molecular weight is 617 g/mol. The van der Waals surface area contributed by atoms with Crippen LogP contribution >= 0.6 is 11.5 Å². The number of rotatable bonds is 13. The molecule has 0 saturated carbocycles. The van der Waals surface area contributed by atoms with Gasteiger partial charge in [0.15, 0.2) is 0 Å². The Hall–Kier alpha value is -4.45. The van der Waals surface area contributed by atoms with Crippen molar-refractivity contribution in [3.8, 4) is 22.6 Å². The second kappa shape index (κ2) is 13.7. The third kappa shape index (κ3) is 7.50. The van der Waals surface area contributed by atoms with Crippen molar-refractivity contribution in [2.75, 3.05) is 32.6 Å². The Morgan fingerprint density at radius 1 is 0.814 bits per heavy atom. The largest absolute Gasteiger partial charge is 0.497 e. The molecule has 0 aliphatic rings. The fourth-order valence-electron chi connectivity index (χ4n) is 4.41. The Morgan fingerprint density at radius 3 is 2.09 bits per heavy atom. The molecule has 5 rings (SSSR count). The van der Waals surface area contributed by atoms with E-state index in [1.165, 1.54) is 11.5 Å². The Labute approximate surface area is 255 Å². The maximum absolute atomic E-state index is 13.0. The molecule has 11 heteroatoms. The summed E-state index contributed by atoms with van der Waals surface area (Å²) in [6.45, 7) is 1.20. The van der Waals surface area contributed by atoms with Gasteiger partial charge >= 0.3 is 0 Å². The van der Waals surface area contributed by atoms with Crippen LogP contribution in [0.3, 0.4) is 0 Å². The zero-order chi connectivity index (χ0) is 30.2. The highest BCUT2D eigenvalue weighted by Crippen LogP contribution is 2.29. The van der Waals surface area contributed by atoms with Gasteiger partial charge in [-0.3, -0.25) is 4.79 Å². The topological polar surface area (TPSA) is 119 Å². The smallest absolute Gasteiger partial charge is 0.251 e. The third-order valence-electron chi connectivity index (χ3n) is 6.88. The third-order valence-corrected chi connectivity index (χ3v) is 9.10. The number of nitrogens with one attached hydrogen (secondary N) is 3. The standard InChI is InChI=1S/C32H32N4O5S2/c1-40-26-12-4-22(5-13-26)21-35-43(38,39)28-16-17-30-29(20-28)31(36-42-30)33-18-3-19-34-32(37)25-8-6-23(7-9-25)24-10-14-27(41-2)15-11-24/h4-17,20,35H,3,18-19,21H2,1-2H3,(H,33,36)(H,34,37). The van der Waals surface area contributed by atoms with Gasteiger partial charge in [-0.25, -0.2) is 13.1 Å². The number of methoxy groups -OCH3 is 2. The monoisotopic (exact) mass is 616 g/mol. The molecule has 0 atom stereocenters. The van der Waals surface area contributed by atoms with E-state index in [1.807, 2.05) is 60.7 Å². The van der Waals surface area contributed by atoms with Crippen molar-refractivity contribution in [1.82, 2.24) is 14.4 Å². The number of carbonyl (C=O) groups is 1. The SMILES string of the molecule is COc1ccc(CNS(=O)(=O)c2ccc3snc(NCCCNC(=O)c4ccc(-c5ccc(OC)cc5)cc4)c3c2)cc1. The molecule has 0 fully saturated rings. The summed E-state index contributed by atoms with van der Waals surface area (Å²) in [4.78, 5) is 12.8. The van der Waals surface area contributed by atoms with E-state index in [2.05, 4.69) is 19.7 Å². The number of hydrogen-bond acceptors (Lipinski definition) is 8. The molecule has 9 nitrogen and oxygen atoms in total. The molecule has 4 aromatic carbocycles.